The van der Waals surface area contributed by atoms with E-state index >= 15 is 0 Å². The minimum atomic E-state index is -2.43. The first-order chi connectivity index (χ1) is 6.16. The average molecular weight is 206 g/mol. The molecule has 1 fully saturated rings. The van der Waals surface area contributed by atoms with Crippen LogP contribution in [-0.2, 0) is 25.6 Å². The SMILES string of the molecule is O=COC(=O)C1CCCN1S(=O)[O-]. The van der Waals surface area contributed by atoms with Crippen molar-refractivity contribution in [2.45, 2.75) is 18.9 Å². The molecule has 74 valence electrons. The van der Waals surface area contributed by atoms with Gasteiger partial charge in [0.25, 0.3) is 0 Å². The van der Waals surface area contributed by atoms with Gasteiger partial charge in [-0.1, -0.05) is 0 Å². The summed E-state index contributed by atoms with van der Waals surface area (Å²) in [7, 11) is 0. The second-order valence-corrected chi connectivity index (χ2v) is 3.45. The van der Waals surface area contributed by atoms with Gasteiger partial charge in [-0.15, -0.1) is 0 Å². The van der Waals surface area contributed by atoms with Crippen molar-refractivity contribution in [2.24, 2.45) is 0 Å². The molecule has 1 aliphatic rings. The van der Waals surface area contributed by atoms with E-state index in [1.165, 1.54) is 0 Å². The summed E-state index contributed by atoms with van der Waals surface area (Å²) < 4.78 is 26.2. The molecule has 1 saturated heterocycles. The summed E-state index contributed by atoms with van der Waals surface area (Å²) in [6.45, 7) is 0.307. The molecule has 0 spiro atoms. The first-order valence-electron chi connectivity index (χ1n) is 3.67. The fraction of sp³-hybridized carbons (Fsp3) is 0.667. The lowest BCUT2D eigenvalue weighted by Gasteiger charge is -2.23. The molecule has 0 aromatic carbocycles. The molecule has 7 heteroatoms. The smallest absolute Gasteiger partial charge is 0.331 e. The highest BCUT2D eigenvalue weighted by molar-refractivity contribution is 7.76. The van der Waals surface area contributed by atoms with E-state index in [-0.39, 0.29) is 6.47 Å². The molecule has 0 bridgehead atoms. The van der Waals surface area contributed by atoms with Crippen LogP contribution in [0.1, 0.15) is 12.8 Å². The lowest BCUT2D eigenvalue weighted by atomic mass is 10.2. The average Bonchev–Trinajstić information content (AvgIpc) is 2.52. The van der Waals surface area contributed by atoms with Gasteiger partial charge in [0.1, 0.15) is 6.04 Å². The zero-order valence-electron chi connectivity index (χ0n) is 6.67. The molecule has 0 aromatic heterocycles. The third-order valence-electron chi connectivity index (χ3n) is 1.83. The van der Waals surface area contributed by atoms with Crippen LogP contribution in [0.15, 0.2) is 0 Å². The molecular formula is C6H8NO5S-. The summed E-state index contributed by atoms with van der Waals surface area (Å²) in [4.78, 5) is 20.8. The quantitative estimate of drug-likeness (QED) is 0.254. The molecule has 1 rings (SSSR count). The Morgan fingerprint density at radius 2 is 2.38 bits per heavy atom. The Hall–Kier alpha value is -0.790. The zero-order chi connectivity index (χ0) is 9.84. The van der Waals surface area contributed by atoms with Crippen molar-refractivity contribution < 1.29 is 23.1 Å². The van der Waals surface area contributed by atoms with Crippen LogP contribution < -0.4 is 0 Å². The Morgan fingerprint density at radius 1 is 1.69 bits per heavy atom. The van der Waals surface area contributed by atoms with Crippen molar-refractivity contribution >= 4 is 23.7 Å². The summed E-state index contributed by atoms with van der Waals surface area (Å²) in [5, 5.41) is 0. The summed E-state index contributed by atoms with van der Waals surface area (Å²) in [5.74, 6) is -0.809. The molecule has 2 atom stereocenters. The first-order valence-corrected chi connectivity index (χ1v) is 4.70. The van der Waals surface area contributed by atoms with Crippen LogP contribution in [0.2, 0.25) is 0 Å². The highest BCUT2D eigenvalue weighted by atomic mass is 32.2. The summed E-state index contributed by atoms with van der Waals surface area (Å²) in [6.07, 6.45) is 1.01. The van der Waals surface area contributed by atoms with Crippen molar-refractivity contribution in [3.05, 3.63) is 0 Å². The lowest BCUT2D eigenvalue weighted by molar-refractivity contribution is -0.154. The van der Waals surface area contributed by atoms with Gasteiger partial charge in [-0.3, -0.25) is 9.00 Å². The number of carbonyl (C=O) groups excluding carboxylic acids is 2. The van der Waals surface area contributed by atoms with E-state index in [4.69, 9.17) is 0 Å². The molecule has 0 N–H and O–H groups in total. The fourth-order valence-corrected chi connectivity index (χ4v) is 1.96. The third kappa shape index (κ3) is 2.33. The van der Waals surface area contributed by atoms with Crippen LogP contribution in [0.25, 0.3) is 0 Å². The molecule has 1 heterocycles. The van der Waals surface area contributed by atoms with Gasteiger partial charge in [0.2, 0.25) is 0 Å². The molecule has 0 radical (unpaired) electrons. The van der Waals surface area contributed by atoms with Crippen molar-refractivity contribution in [1.29, 1.82) is 0 Å². The van der Waals surface area contributed by atoms with E-state index in [2.05, 4.69) is 4.74 Å². The van der Waals surface area contributed by atoms with Crippen LogP contribution in [0.3, 0.4) is 0 Å². The van der Waals surface area contributed by atoms with Crippen LogP contribution >= 0.6 is 0 Å². The zero-order valence-corrected chi connectivity index (χ0v) is 7.49. The summed E-state index contributed by atoms with van der Waals surface area (Å²) in [5.41, 5.74) is 0. The van der Waals surface area contributed by atoms with Crippen molar-refractivity contribution in [1.82, 2.24) is 4.31 Å². The van der Waals surface area contributed by atoms with E-state index < -0.39 is 23.3 Å². The van der Waals surface area contributed by atoms with Crippen LogP contribution in [-0.4, -0.2) is 38.1 Å². The number of carbonyl (C=O) groups is 2. The number of esters is 1. The van der Waals surface area contributed by atoms with Gasteiger partial charge in [-0.05, 0) is 12.8 Å². The standard InChI is InChI=1S/C6H9NO5S/c8-4-12-6(9)5-2-1-3-7(5)13(10)11/h4-5H,1-3H2,(H,10,11)/p-1. The van der Waals surface area contributed by atoms with Gasteiger partial charge in [0.05, 0.1) is 0 Å². The van der Waals surface area contributed by atoms with E-state index in [0.717, 1.165) is 4.31 Å². The number of hydrogen-bond donors (Lipinski definition) is 0. The normalized spacial score (nSPS) is 25.5. The summed E-state index contributed by atoms with van der Waals surface area (Å²) in [6, 6.07) is -0.830. The maximum atomic E-state index is 11.0. The molecule has 6 nitrogen and oxygen atoms in total. The lowest BCUT2D eigenvalue weighted by Crippen LogP contribution is -2.38. The minimum Gasteiger partial charge on any atom is -0.760 e. The highest BCUT2D eigenvalue weighted by Gasteiger charge is 2.32. The van der Waals surface area contributed by atoms with E-state index in [0.29, 0.717) is 19.4 Å². The molecule has 0 saturated carbocycles. The Balaban J connectivity index is 2.62. The van der Waals surface area contributed by atoms with Crippen LogP contribution in [0.5, 0.6) is 0 Å². The van der Waals surface area contributed by atoms with Gasteiger partial charge in [-0.2, -0.15) is 0 Å². The maximum Gasteiger partial charge on any atom is 0.331 e. The first kappa shape index (κ1) is 10.3. The monoisotopic (exact) mass is 206 g/mol. The second-order valence-electron chi connectivity index (χ2n) is 2.55. The van der Waals surface area contributed by atoms with Gasteiger partial charge in [0, 0.05) is 17.8 Å². The molecule has 0 aromatic rings. The Labute approximate surface area is 77.3 Å². The van der Waals surface area contributed by atoms with Gasteiger partial charge in [-0.25, -0.2) is 9.10 Å². The van der Waals surface area contributed by atoms with E-state index in [1.807, 2.05) is 0 Å². The number of rotatable bonds is 3. The molecule has 0 aliphatic carbocycles. The molecule has 0 amide bonds. The molecule has 13 heavy (non-hydrogen) atoms. The Morgan fingerprint density at radius 3 is 2.92 bits per heavy atom. The fourth-order valence-electron chi connectivity index (χ4n) is 1.28. The number of nitrogens with zero attached hydrogens (tertiary/aromatic N) is 1. The molecule has 1 aliphatic heterocycles. The van der Waals surface area contributed by atoms with Crippen molar-refractivity contribution in [3.8, 4) is 0 Å². The van der Waals surface area contributed by atoms with Crippen molar-refractivity contribution in [2.75, 3.05) is 6.54 Å². The van der Waals surface area contributed by atoms with E-state index in [9.17, 15) is 18.4 Å². The molecule has 2 unspecified atom stereocenters. The van der Waals surface area contributed by atoms with Gasteiger partial charge >= 0.3 is 12.4 Å². The predicted molar refractivity (Wildman–Crippen MR) is 40.8 cm³/mol. The number of ether oxygens (including phenoxy) is 1. The van der Waals surface area contributed by atoms with Crippen LogP contribution in [0.4, 0.5) is 0 Å². The maximum absolute atomic E-state index is 11.0. The predicted octanol–water partition coefficient (Wildman–Crippen LogP) is -1.06. The second kappa shape index (κ2) is 4.45. The number of hydrogen-bond acceptors (Lipinski definition) is 5. The van der Waals surface area contributed by atoms with E-state index in [1.54, 1.807) is 0 Å². The van der Waals surface area contributed by atoms with Crippen molar-refractivity contribution in [3.63, 3.8) is 0 Å². The highest BCUT2D eigenvalue weighted by Crippen LogP contribution is 2.19. The molecular weight excluding hydrogens is 198 g/mol. The Bertz CT molecular complexity index is 243. The summed E-state index contributed by atoms with van der Waals surface area (Å²) >= 11 is -2.43. The topological polar surface area (TPSA) is 86.7 Å². The van der Waals surface area contributed by atoms with Gasteiger partial charge < -0.3 is 9.29 Å². The third-order valence-corrected chi connectivity index (χ3v) is 2.65. The van der Waals surface area contributed by atoms with Gasteiger partial charge in [0.15, 0.2) is 0 Å². The van der Waals surface area contributed by atoms with Crippen LogP contribution in [0, 0.1) is 0 Å². The largest absolute Gasteiger partial charge is 0.760 e. The Kier molecular flexibility index (Phi) is 3.52. The minimum absolute atomic E-state index is 0.00650.